The number of piperidine rings is 1. The van der Waals surface area contributed by atoms with Gasteiger partial charge < -0.3 is 16.0 Å². The zero-order chi connectivity index (χ0) is 14.8. The molecule has 21 heavy (non-hydrogen) atoms. The number of benzene rings is 1. The number of rotatable bonds is 5. The summed E-state index contributed by atoms with van der Waals surface area (Å²) in [6.07, 6.45) is 4.62. The van der Waals surface area contributed by atoms with Crippen molar-refractivity contribution in [3.05, 3.63) is 29.6 Å². The van der Waals surface area contributed by atoms with Crippen LogP contribution in [0.25, 0.3) is 0 Å². The lowest BCUT2D eigenvalue weighted by Gasteiger charge is -2.32. The van der Waals surface area contributed by atoms with Gasteiger partial charge in [-0.25, -0.2) is 4.39 Å². The van der Waals surface area contributed by atoms with Gasteiger partial charge in [-0.3, -0.25) is 4.79 Å². The van der Waals surface area contributed by atoms with Gasteiger partial charge in [-0.2, -0.15) is 0 Å². The Balaban J connectivity index is 1.78. The van der Waals surface area contributed by atoms with Crippen LogP contribution in [0.1, 0.15) is 36.0 Å². The molecule has 2 aliphatic rings. The average Bonchev–Trinajstić information content (AvgIpc) is 3.31. The molecular formula is C16H22FN3O. The van der Waals surface area contributed by atoms with Gasteiger partial charge in [0.1, 0.15) is 5.82 Å². The fourth-order valence-corrected chi connectivity index (χ4v) is 3.08. The Morgan fingerprint density at radius 2 is 2.19 bits per heavy atom. The maximum atomic E-state index is 14.3. The zero-order valence-corrected chi connectivity index (χ0v) is 12.1. The number of nitrogens with zero attached hydrogens (tertiary/aromatic N) is 1. The molecule has 0 spiro atoms. The molecule has 0 radical (unpaired) electrons. The van der Waals surface area contributed by atoms with Crippen molar-refractivity contribution in [1.82, 2.24) is 5.32 Å². The molecule has 1 aliphatic carbocycles. The van der Waals surface area contributed by atoms with E-state index in [0.717, 1.165) is 32.5 Å². The second-order valence-corrected chi connectivity index (χ2v) is 6.13. The predicted octanol–water partition coefficient (Wildman–Crippen LogP) is 1.89. The fraction of sp³-hybridized carbons (Fsp3) is 0.562. The first-order chi connectivity index (χ1) is 10.1. The first kappa shape index (κ1) is 14.3. The van der Waals surface area contributed by atoms with Gasteiger partial charge in [0.2, 0.25) is 5.91 Å². The standard InChI is InChI=1S/C16H22FN3O/c17-14-8-12(16(18)21)3-6-15(14)20(13-4-5-13)10-11-2-1-7-19-9-11/h3,6,8,11,13,19H,1-2,4-5,7,9-10H2,(H2,18,21). The number of halogens is 1. The number of carbonyl (C=O) groups excluding carboxylic acids is 1. The number of nitrogens with one attached hydrogen (secondary N) is 1. The van der Waals surface area contributed by atoms with E-state index in [4.69, 9.17) is 5.73 Å². The minimum atomic E-state index is -0.588. The number of hydrogen-bond acceptors (Lipinski definition) is 3. The van der Waals surface area contributed by atoms with E-state index in [1.165, 1.54) is 18.9 Å². The summed E-state index contributed by atoms with van der Waals surface area (Å²) >= 11 is 0. The Labute approximate surface area is 124 Å². The summed E-state index contributed by atoms with van der Waals surface area (Å²) < 4.78 is 14.3. The van der Waals surface area contributed by atoms with Gasteiger partial charge in [0.15, 0.2) is 0 Å². The third kappa shape index (κ3) is 3.35. The van der Waals surface area contributed by atoms with Gasteiger partial charge in [-0.1, -0.05) is 0 Å². The summed E-state index contributed by atoms with van der Waals surface area (Å²) in [6.45, 7) is 2.97. The van der Waals surface area contributed by atoms with Crippen LogP contribution in [0.2, 0.25) is 0 Å². The second-order valence-electron chi connectivity index (χ2n) is 6.13. The van der Waals surface area contributed by atoms with Crippen LogP contribution in [-0.4, -0.2) is 31.6 Å². The van der Waals surface area contributed by atoms with Crippen LogP contribution < -0.4 is 16.0 Å². The van der Waals surface area contributed by atoms with E-state index in [9.17, 15) is 9.18 Å². The summed E-state index contributed by atoms with van der Waals surface area (Å²) in [6, 6.07) is 5.02. The van der Waals surface area contributed by atoms with Gasteiger partial charge in [0.25, 0.3) is 0 Å². The number of hydrogen-bond donors (Lipinski definition) is 2. The van der Waals surface area contributed by atoms with E-state index in [0.29, 0.717) is 17.6 Å². The van der Waals surface area contributed by atoms with Crippen molar-refractivity contribution in [3.8, 4) is 0 Å². The SMILES string of the molecule is NC(=O)c1ccc(N(CC2CCCNC2)C2CC2)c(F)c1. The summed E-state index contributed by atoms with van der Waals surface area (Å²) in [5, 5.41) is 3.41. The highest BCUT2D eigenvalue weighted by molar-refractivity contribution is 5.93. The Hall–Kier alpha value is -1.62. The summed E-state index contributed by atoms with van der Waals surface area (Å²) in [5.74, 6) is -0.369. The Morgan fingerprint density at radius 1 is 1.38 bits per heavy atom. The maximum Gasteiger partial charge on any atom is 0.248 e. The van der Waals surface area contributed by atoms with Crippen molar-refractivity contribution in [2.75, 3.05) is 24.5 Å². The molecule has 2 fully saturated rings. The van der Waals surface area contributed by atoms with E-state index in [2.05, 4.69) is 10.2 Å². The third-order valence-corrected chi connectivity index (χ3v) is 4.38. The van der Waals surface area contributed by atoms with E-state index in [-0.39, 0.29) is 11.4 Å². The first-order valence-corrected chi connectivity index (χ1v) is 7.72. The molecule has 5 heteroatoms. The first-order valence-electron chi connectivity index (χ1n) is 7.72. The van der Waals surface area contributed by atoms with Gasteiger partial charge in [0, 0.05) is 18.2 Å². The van der Waals surface area contributed by atoms with Gasteiger partial charge in [0.05, 0.1) is 5.69 Å². The summed E-state index contributed by atoms with van der Waals surface area (Å²) in [5.41, 5.74) is 6.04. The number of anilines is 1. The molecule has 1 atom stereocenters. The van der Waals surface area contributed by atoms with Crippen molar-refractivity contribution in [2.45, 2.75) is 31.7 Å². The number of primary amides is 1. The number of nitrogens with two attached hydrogens (primary N) is 1. The molecule has 1 heterocycles. The van der Waals surface area contributed by atoms with Crippen molar-refractivity contribution in [3.63, 3.8) is 0 Å². The molecule has 1 saturated carbocycles. The Kier molecular flexibility index (Phi) is 4.10. The van der Waals surface area contributed by atoms with Gasteiger partial charge in [-0.15, -0.1) is 0 Å². The van der Waals surface area contributed by atoms with E-state index < -0.39 is 5.91 Å². The molecule has 4 nitrogen and oxygen atoms in total. The molecule has 1 unspecified atom stereocenters. The average molecular weight is 291 g/mol. The van der Waals surface area contributed by atoms with Crippen LogP contribution in [0.5, 0.6) is 0 Å². The molecular weight excluding hydrogens is 269 g/mol. The quantitative estimate of drug-likeness (QED) is 0.871. The lowest BCUT2D eigenvalue weighted by molar-refractivity contribution is 0.1000. The van der Waals surface area contributed by atoms with E-state index in [1.54, 1.807) is 12.1 Å². The molecule has 1 aliphatic heterocycles. The molecule has 0 bridgehead atoms. The fourth-order valence-electron chi connectivity index (χ4n) is 3.08. The molecule has 1 aromatic carbocycles. The summed E-state index contributed by atoms with van der Waals surface area (Å²) in [7, 11) is 0. The second kappa shape index (κ2) is 6.02. The number of amides is 1. The number of carbonyl (C=O) groups is 1. The molecule has 3 rings (SSSR count). The van der Waals surface area contributed by atoms with Crippen LogP contribution in [0.4, 0.5) is 10.1 Å². The molecule has 1 aromatic rings. The lowest BCUT2D eigenvalue weighted by Crippen LogP contribution is -2.39. The van der Waals surface area contributed by atoms with Crippen molar-refractivity contribution >= 4 is 11.6 Å². The highest BCUT2D eigenvalue weighted by Gasteiger charge is 2.32. The van der Waals surface area contributed by atoms with Gasteiger partial charge in [-0.05, 0) is 62.9 Å². The minimum absolute atomic E-state index is 0.228. The van der Waals surface area contributed by atoms with E-state index in [1.807, 2.05) is 0 Å². The Bertz CT molecular complexity index is 524. The molecule has 114 valence electrons. The predicted molar refractivity (Wildman–Crippen MR) is 80.9 cm³/mol. The maximum absolute atomic E-state index is 14.3. The van der Waals surface area contributed by atoms with Crippen LogP contribution in [-0.2, 0) is 0 Å². The Morgan fingerprint density at radius 3 is 2.76 bits per heavy atom. The minimum Gasteiger partial charge on any atom is -0.366 e. The van der Waals surface area contributed by atoms with E-state index >= 15 is 0 Å². The zero-order valence-electron chi connectivity index (χ0n) is 12.1. The normalized spacial score (nSPS) is 22.0. The smallest absolute Gasteiger partial charge is 0.248 e. The van der Waals surface area contributed by atoms with Crippen molar-refractivity contribution in [2.24, 2.45) is 11.7 Å². The van der Waals surface area contributed by atoms with Crippen LogP contribution in [0.15, 0.2) is 18.2 Å². The van der Waals surface area contributed by atoms with Crippen LogP contribution in [0.3, 0.4) is 0 Å². The van der Waals surface area contributed by atoms with Gasteiger partial charge >= 0.3 is 0 Å². The van der Waals surface area contributed by atoms with Crippen molar-refractivity contribution in [1.29, 1.82) is 0 Å². The topological polar surface area (TPSA) is 58.4 Å². The molecule has 1 amide bonds. The highest BCUT2D eigenvalue weighted by Crippen LogP contribution is 2.34. The molecule has 0 aromatic heterocycles. The monoisotopic (exact) mass is 291 g/mol. The molecule has 1 saturated heterocycles. The lowest BCUT2D eigenvalue weighted by atomic mass is 9.98. The summed E-state index contributed by atoms with van der Waals surface area (Å²) in [4.78, 5) is 13.3. The molecule has 3 N–H and O–H groups in total. The van der Waals surface area contributed by atoms with Crippen LogP contribution >= 0.6 is 0 Å². The van der Waals surface area contributed by atoms with Crippen molar-refractivity contribution < 1.29 is 9.18 Å². The highest BCUT2D eigenvalue weighted by atomic mass is 19.1. The third-order valence-electron chi connectivity index (χ3n) is 4.38. The van der Waals surface area contributed by atoms with Crippen LogP contribution in [0, 0.1) is 11.7 Å². The largest absolute Gasteiger partial charge is 0.366 e.